The normalized spacial score (nSPS) is 26.0. The molecule has 0 amide bonds. The van der Waals surface area contributed by atoms with E-state index in [0.717, 1.165) is 32.0 Å². The second-order valence-electron chi connectivity index (χ2n) is 3.78. The monoisotopic (exact) mass is 171 g/mol. The SMILES string of the molecule is CC(CCN)CNC1CCNC1. The Labute approximate surface area is 75.1 Å². The molecule has 12 heavy (non-hydrogen) atoms. The average molecular weight is 171 g/mol. The fourth-order valence-electron chi connectivity index (χ4n) is 1.58. The Morgan fingerprint density at radius 1 is 1.67 bits per heavy atom. The summed E-state index contributed by atoms with van der Waals surface area (Å²) in [6, 6.07) is 0.699. The number of hydrogen-bond donors (Lipinski definition) is 3. The van der Waals surface area contributed by atoms with Gasteiger partial charge in [0.15, 0.2) is 0 Å². The zero-order valence-corrected chi connectivity index (χ0v) is 7.97. The maximum Gasteiger partial charge on any atom is 0.0204 e. The predicted octanol–water partition coefficient (Wildman–Crippen LogP) is -0.0772. The van der Waals surface area contributed by atoms with Crippen LogP contribution in [0, 0.1) is 5.92 Å². The van der Waals surface area contributed by atoms with Crippen LogP contribution in [0.15, 0.2) is 0 Å². The Bertz CT molecular complexity index is 110. The van der Waals surface area contributed by atoms with E-state index in [-0.39, 0.29) is 0 Å². The van der Waals surface area contributed by atoms with Gasteiger partial charge >= 0.3 is 0 Å². The molecule has 0 aromatic rings. The Balaban J connectivity index is 1.99. The lowest BCUT2D eigenvalue weighted by Gasteiger charge is -2.15. The summed E-state index contributed by atoms with van der Waals surface area (Å²) in [6.07, 6.45) is 2.41. The molecule has 0 aliphatic carbocycles. The molecule has 1 heterocycles. The molecule has 0 bridgehead atoms. The molecule has 0 aromatic carbocycles. The van der Waals surface area contributed by atoms with Crippen molar-refractivity contribution in [3.05, 3.63) is 0 Å². The van der Waals surface area contributed by atoms with Crippen molar-refractivity contribution >= 4 is 0 Å². The number of hydrogen-bond acceptors (Lipinski definition) is 3. The summed E-state index contributed by atoms with van der Waals surface area (Å²) in [5.74, 6) is 0.718. The standard InChI is InChI=1S/C9H21N3/c1-8(2-4-10)6-12-9-3-5-11-7-9/h8-9,11-12H,2-7,10H2,1H3. The predicted molar refractivity (Wildman–Crippen MR) is 52.1 cm³/mol. The van der Waals surface area contributed by atoms with Crippen LogP contribution in [-0.2, 0) is 0 Å². The van der Waals surface area contributed by atoms with Crippen LogP contribution >= 0.6 is 0 Å². The lowest BCUT2D eigenvalue weighted by atomic mass is 10.1. The Hall–Kier alpha value is -0.120. The molecule has 3 heteroatoms. The van der Waals surface area contributed by atoms with Crippen molar-refractivity contribution < 1.29 is 0 Å². The van der Waals surface area contributed by atoms with E-state index in [2.05, 4.69) is 17.6 Å². The van der Waals surface area contributed by atoms with Gasteiger partial charge in [0.05, 0.1) is 0 Å². The van der Waals surface area contributed by atoms with Gasteiger partial charge in [0.2, 0.25) is 0 Å². The van der Waals surface area contributed by atoms with Crippen molar-refractivity contribution in [3.63, 3.8) is 0 Å². The molecule has 2 atom stereocenters. The second-order valence-corrected chi connectivity index (χ2v) is 3.78. The summed E-state index contributed by atoms with van der Waals surface area (Å²) < 4.78 is 0. The Morgan fingerprint density at radius 2 is 2.50 bits per heavy atom. The number of nitrogens with two attached hydrogens (primary N) is 1. The number of rotatable bonds is 5. The van der Waals surface area contributed by atoms with E-state index in [0.29, 0.717) is 6.04 Å². The van der Waals surface area contributed by atoms with Crippen molar-refractivity contribution in [1.82, 2.24) is 10.6 Å². The maximum absolute atomic E-state index is 5.47. The summed E-state index contributed by atoms with van der Waals surface area (Å²) in [7, 11) is 0. The quantitative estimate of drug-likeness (QED) is 0.542. The van der Waals surface area contributed by atoms with Gasteiger partial charge in [0, 0.05) is 12.6 Å². The van der Waals surface area contributed by atoms with E-state index < -0.39 is 0 Å². The van der Waals surface area contributed by atoms with E-state index in [1.54, 1.807) is 0 Å². The van der Waals surface area contributed by atoms with Gasteiger partial charge in [-0.1, -0.05) is 6.92 Å². The van der Waals surface area contributed by atoms with E-state index >= 15 is 0 Å². The molecule has 0 aromatic heterocycles. The van der Waals surface area contributed by atoms with Crippen LogP contribution in [0.2, 0.25) is 0 Å². The molecule has 1 saturated heterocycles. The van der Waals surface area contributed by atoms with Crippen LogP contribution in [0.25, 0.3) is 0 Å². The lowest BCUT2D eigenvalue weighted by molar-refractivity contribution is 0.444. The molecular weight excluding hydrogens is 150 g/mol. The smallest absolute Gasteiger partial charge is 0.0204 e. The minimum atomic E-state index is 0.699. The lowest BCUT2D eigenvalue weighted by Crippen LogP contribution is -2.34. The van der Waals surface area contributed by atoms with Gasteiger partial charge in [-0.15, -0.1) is 0 Å². The molecule has 1 fully saturated rings. The van der Waals surface area contributed by atoms with Crippen LogP contribution in [-0.4, -0.2) is 32.2 Å². The average Bonchev–Trinajstić information content (AvgIpc) is 2.53. The summed E-state index contributed by atoms with van der Waals surface area (Å²) in [4.78, 5) is 0. The van der Waals surface area contributed by atoms with Crippen molar-refractivity contribution in [2.24, 2.45) is 11.7 Å². The molecule has 0 saturated carbocycles. The highest BCUT2D eigenvalue weighted by Gasteiger charge is 2.13. The Kier molecular flexibility index (Phi) is 4.58. The molecule has 0 spiro atoms. The Morgan fingerprint density at radius 3 is 3.08 bits per heavy atom. The van der Waals surface area contributed by atoms with Crippen LogP contribution < -0.4 is 16.4 Å². The third-order valence-corrected chi connectivity index (χ3v) is 2.47. The largest absolute Gasteiger partial charge is 0.330 e. The van der Waals surface area contributed by atoms with Gasteiger partial charge in [-0.25, -0.2) is 0 Å². The van der Waals surface area contributed by atoms with Crippen molar-refractivity contribution in [2.45, 2.75) is 25.8 Å². The van der Waals surface area contributed by atoms with Gasteiger partial charge in [0.25, 0.3) is 0 Å². The zero-order chi connectivity index (χ0) is 8.81. The van der Waals surface area contributed by atoms with Crippen molar-refractivity contribution in [2.75, 3.05) is 26.2 Å². The first-order valence-corrected chi connectivity index (χ1v) is 4.97. The molecule has 0 radical (unpaired) electrons. The van der Waals surface area contributed by atoms with Crippen molar-refractivity contribution in [3.8, 4) is 0 Å². The first kappa shape index (κ1) is 9.96. The van der Waals surface area contributed by atoms with Crippen LogP contribution in [0.5, 0.6) is 0 Å². The first-order chi connectivity index (χ1) is 5.83. The maximum atomic E-state index is 5.47. The highest BCUT2D eigenvalue weighted by atomic mass is 15.0. The fraction of sp³-hybridized carbons (Fsp3) is 1.00. The van der Waals surface area contributed by atoms with Gasteiger partial charge in [0.1, 0.15) is 0 Å². The minimum Gasteiger partial charge on any atom is -0.330 e. The molecule has 3 nitrogen and oxygen atoms in total. The van der Waals surface area contributed by atoms with E-state index in [4.69, 9.17) is 5.73 Å². The van der Waals surface area contributed by atoms with Crippen LogP contribution in [0.4, 0.5) is 0 Å². The summed E-state index contributed by atoms with van der Waals surface area (Å²) >= 11 is 0. The zero-order valence-electron chi connectivity index (χ0n) is 7.97. The molecule has 1 aliphatic heterocycles. The highest BCUT2D eigenvalue weighted by Crippen LogP contribution is 2.01. The van der Waals surface area contributed by atoms with Gasteiger partial charge in [-0.3, -0.25) is 0 Å². The van der Waals surface area contributed by atoms with Gasteiger partial charge in [-0.05, 0) is 38.4 Å². The minimum absolute atomic E-state index is 0.699. The molecule has 72 valence electrons. The van der Waals surface area contributed by atoms with Gasteiger partial charge in [-0.2, -0.15) is 0 Å². The molecule has 4 N–H and O–H groups in total. The first-order valence-electron chi connectivity index (χ1n) is 4.97. The van der Waals surface area contributed by atoms with Crippen LogP contribution in [0.1, 0.15) is 19.8 Å². The van der Waals surface area contributed by atoms with Gasteiger partial charge < -0.3 is 16.4 Å². The fourth-order valence-corrected chi connectivity index (χ4v) is 1.58. The summed E-state index contributed by atoms with van der Waals surface area (Å²) in [5, 5.41) is 6.89. The van der Waals surface area contributed by atoms with E-state index in [1.165, 1.54) is 13.0 Å². The third kappa shape index (κ3) is 3.52. The van der Waals surface area contributed by atoms with E-state index in [1.807, 2.05) is 0 Å². The highest BCUT2D eigenvalue weighted by molar-refractivity contribution is 4.77. The van der Waals surface area contributed by atoms with Crippen LogP contribution in [0.3, 0.4) is 0 Å². The summed E-state index contributed by atoms with van der Waals surface area (Å²) in [6.45, 7) is 6.48. The topological polar surface area (TPSA) is 50.1 Å². The number of nitrogens with one attached hydrogen (secondary N) is 2. The summed E-state index contributed by atoms with van der Waals surface area (Å²) in [5.41, 5.74) is 5.47. The third-order valence-electron chi connectivity index (χ3n) is 2.47. The van der Waals surface area contributed by atoms with Crippen molar-refractivity contribution in [1.29, 1.82) is 0 Å². The van der Waals surface area contributed by atoms with E-state index in [9.17, 15) is 0 Å². The molecule has 1 rings (SSSR count). The molecule has 1 aliphatic rings. The second kappa shape index (κ2) is 5.51. The molecular formula is C9H21N3. The molecule has 2 unspecified atom stereocenters.